The van der Waals surface area contributed by atoms with E-state index < -0.39 is 30.0 Å². The maximum Gasteiger partial charge on any atom is 0.319 e. The molecule has 1 aromatic heterocycles. The number of carbonyl (C=O) groups excluding carboxylic acids is 1. The van der Waals surface area contributed by atoms with Gasteiger partial charge in [-0.15, -0.1) is 0 Å². The van der Waals surface area contributed by atoms with Crippen LogP contribution in [0.2, 0.25) is 0 Å². The van der Waals surface area contributed by atoms with E-state index in [9.17, 15) is 24.6 Å². The molecule has 4 N–H and O–H groups in total. The molecule has 0 aliphatic rings. The highest BCUT2D eigenvalue weighted by Gasteiger charge is 2.22. The first-order chi connectivity index (χ1) is 16.6. The van der Waals surface area contributed by atoms with E-state index in [0.717, 1.165) is 5.56 Å². The highest BCUT2D eigenvalue weighted by atomic mass is 16.5. The fraction of sp³-hybridized carbons (Fsp3) is 0.240. The van der Waals surface area contributed by atoms with Gasteiger partial charge in [-0.3, -0.25) is 9.59 Å². The summed E-state index contributed by atoms with van der Waals surface area (Å²) in [6, 6.07) is 11.9. The fourth-order valence-electron chi connectivity index (χ4n) is 3.62. The molecule has 0 bridgehead atoms. The van der Waals surface area contributed by atoms with Crippen LogP contribution in [0.15, 0.2) is 53.3 Å². The van der Waals surface area contributed by atoms with Gasteiger partial charge in [-0.05, 0) is 42.3 Å². The molecule has 0 aliphatic heterocycles. The number of aryl methyl sites for hydroxylation is 1. The zero-order valence-corrected chi connectivity index (χ0v) is 19.8. The number of aromatic nitrogens is 1. The number of anilines is 1. The Morgan fingerprint density at radius 3 is 2.49 bits per heavy atom. The van der Waals surface area contributed by atoms with E-state index >= 15 is 0 Å². The third-order valence-corrected chi connectivity index (χ3v) is 5.58. The Labute approximate surface area is 201 Å². The Morgan fingerprint density at radius 1 is 1.09 bits per heavy atom. The maximum atomic E-state index is 12.7. The standard InChI is InChI=1S/C25H27N3O7/c1-14-10-20(29)23(24(32)28(14)2)27-25(33)26-19(13-22(30)31)16-8-9-21(35-4)18(12-16)15-6-5-7-17(11-15)34-3/h5-12,19,29H,13H2,1-4H3,(H,30,31)(H2,26,27,33). The summed E-state index contributed by atoms with van der Waals surface area (Å²) in [6.07, 6.45) is -0.421. The number of carboxylic acids is 1. The summed E-state index contributed by atoms with van der Waals surface area (Å²) in [4.78, 5) is 36.7. The fourth-order valence-corrected chi connectivity index (χ4v) is 3.62. The average Bonchev–Trinajstić information content (AvgIpc) is 2.84. The molecule has 184 valence electrons. The zero-order valence-electron chi connectivity index (χ0n) is 19.8. The van der Waals surface area contributed by atoms with Gasteiger partial charge in [0.15, 0.2) is 5.69 Å². The van der Waals surface area contributed by atoms with Gasteiger partial charge in [0.05, 0.1) is 26.7 Å². The molecule has 3 rings (SSSR count). The summed E-state index contributed by atoms with van der Waals surface area (Å²) >= 11 is 0. The highest BCUT2D eigenvalue weighted by molar-refractivity contribution is 5.91. The normalized spacial score (nSPS) is 11.4. The Morgan fingerprint density at radius 2 is 1.83 bits per heavy atom. The Kier molecular flexibility index (Phi) is 7.65. The number of carboxylic acid groups (broad SMARTS) is 1. The minimum absolute atomic E-state index is 0.309. The van der Waals surface area contributed by atoms with E-state index in [1.807, 2.05) is 18.2 Å². The number of ether oxygens (including phenoxy) is 2. The van der Waals surface area contributed by atoms with Crippen LogP contribution in [0, 0.1) is 6.92 Å². The second-order valence-electron chi connectivity index (χ2n) is 7.85. The van der Waals surface area contributed by atoms with Crippen LogP contribution < -0.4 is 25.7 Å². The first-order valence-corrected chi connectivity index (χ1v) is 10.7. The largest absolute Gasteiger partial charge is 0.505 e. The molecule has 0 radical (unpaired) electrons. The number of amides is 2. The minimum atomic E-state index is -1.14. The molecule has 3 aromatic rings. The summed E-state index contributed by atoms with van der Waals surface area (Å²) in [6.45, 7) is 1.64. The number of nitrogens with one attached hydrogen (secondary N) is 2. The van der Waals surface area contributed by atoms with Crippen molar-refractivity contribution in [2.24, 2.45) is 7.05 Å². The third-order valence-electron chi connectivity index (χ3n) is 5.58. The van der Waals surface area contributed by atoms with Crippen molar-refractivity contribution >= 4 is 17.7 Å². The lowest BCUT2D eigenvalue weighted by molar-refractivity contribution is -0.137. The number of nitrogens with zero attached hydrogens (tertiary/aromatic N) is 1. The number of rotatable bonds is 8. The molecule has 0 saturated carbocycles. The molecule has 1 atom stereocenters. The van der Waals surface area contributed by atoms with E-state index in [1.165, 1.54) is 24.8 Å². The first kappa shape index (κ1) is 25.2. The van der Waals surface area contributed by atoms with Gasteiger partial charge in [-0.1, -0.05) is 18.2 Å². The lowest BCUT2D eigenvalue weighted by atomic mass is 9.96. The minimum Gasteiger partial charge on any atom is -0.505 e. The Bertz CT molecular complexity index is 1320. The highest BCUT2D eigenvalue weighted by Crippen LogP contribution is 2.35. The molecular formula is C25H27N3O7. The molecule has 1 unspecified atom stereocenters. The summed E-state index contributed by atoms with van der Waals surface area (Å²) < 4.78 is 12.0. The van der Waals surface area contributed by atoms with Crippen LogP contribution in [-0.2, 0) is 11.8 Å². The molecule has 35 heavy (non-hydrogen) atoms. The monoisotopic (exact) mass is 481 g/mol. The van der Waals surface area contributed by atoms with Crippen molar-refractivity contribution in [2.75, 3.05) is 19.5 Å². The first-order valence-electron chi connectivity index (χ1n) is 10.7. The van der Waals surface area contributed by atoms with Gasteiger partial charge in [0.1, 0.15) is 17.2 Å². The van der Waals surface area contributed by atoms with Crippen molar-refractivity contribution in [3.8, 4) is 28.4 Å². The molecule has 0 aliphatic carbocycles. The van der Waals surface area contributed by atoms with Gasteiger partial charge in [0.2, 0.25) is 0 Å². The van der Waals surface area contributed by atoms with Crippen LogP contribution in [0.5, 0.6) is 17.2 Å². The lowest BCUT2D eigenvalue weighted by Gasteiger charge is -2.20. The summed E-state index contributed by atoms with van der Waals surface area (Å²) in [5, 5.41) is 24.5. The summed E-state index contributed by atoms with van der Waals surface area (Å²) in [7, 11) is 4.58. The molecule has 10 heteroatoms. The number of benzene rings is 2. The maximum absolute atomic E-state index is 12.7. The molecule has 1 heterocycles. The number of hydrogen-bond donors (Lipinski definition) is 4. The van der Waals surface area contributed by atoms with Gasteiger partial charge in [0, 0.05) is 24.4 Å². The number of carbonyl (C=O) groups is 2. The van der Waals surface area contributed by atoms with E-state index in [1.54, 1.807) is 38.3 Å². The van der Waals surface area contributed by atoms with E-state index in [0.29, 0.717) is 28.3 Å². The average molecular weight is 482 g/mol. The van der Waals surface area contributed by atoms with Crippen LogP contribution in [0.4, 0.5) is 10.5 Å². The predicted molar refractivity (Wildman–Crippen MR) is 130 cm³/mol. The molecule has 2 amide bonds. The molecule has 10 nitrogen and oxygen atoms in total. The molecule has 0 saturated heterocycles. The lowest BCUT2D eigenvalue weighted by Crippen LogP contribution is -2.36. The predicted octanol–water partition coefficient (Wildman–Crippen LogP) is 3.42. The summed E-state index contributed by atoms with van der Waals surface area (Å²) in [5.74, 6) is -0.342. The van der Waals surface area contributed by atoms with Crippen molar-refractivity contribution in [2.45, 2.75) is 19.4 Å². The van der Waals surface area contributed by atoms with E-state index in [2.05, 4.69) is 10.6 Å². The number of methoxy groups -OCH3 is 2. The van der Waals surface area contributed by atoms with Crippen LogP contribution in [-0.4, -0.2) is 41.0 Å². The molecule has 0 fully saturated rings. The summed E-state index contributed by atoms with van der Waals surface area (Å²) in [5.41, 5.74) is 1.54. The topological polar surface area (TPSA) is 139 Å². The molecular weight excluding hydrogens is 454 g/mol. The van der Waals surface area contributed by atoms with Crippen LogP contribution in [0.1, 0.15) is 23.7 Å². The Hall–Kier alpha value is -4.47. The molecule has 2 aromatic carbocycles. The van der Waals surface area contributed by atoms with Crippen molar-refractivity contribution < 1.29 is 29.3 Å². The van der Waals surface area contributed by atoms with Gasteiger partial charge in [0.25, 0.3) is 5.56 Å². The number of hydrogen-bond acceptors (Lipinski definition) is 6. The number of pyridine rings is 1. The van der Waals surface area contributed by atoms with Crippen LogP contribution in [0.25, 0.3) is 11.1 Å². The van der Waals surface area contributed by atoms with E-state index in [-0.39, 0.29) is 11.4 Å². The van der Waals surface area contributed by atoms with Crippen molar-refractivity contribution in [3.05, 3.63) is 70.1 Å². The van der Waals surface area contributed by atoms with Crippen molar-refractivity contribution in [1.82, 2.24) is 9.88 Å². The van der Waals surface area contributed by atoms with Gasteiger partial charge >= 0.3 is 12.0 Å². The smallest absolute Gasteiger partial charge is 0.319 e. The van der Waals surface area contributed by atoms with Gasteiger partial charge in [-0.25, -0.2) is 4.79 Å². The SMILES string of the molecule is COc1cccc(-c2cc(C(CC(=O)O)NC(=O)Nc3c(O)cc(C)n(C)c3=O)ccc2OC)c1. The third kappa shape index (κ3) is 5.72. The van der Waals surface area contributed by atoms with Gasteiger partial charge < -0.3 is 34.9 Å². The number of urea groups is 1. The van der Waals surface area contributed by atoms with Gasteiger partial charge in [-0.2, -0.15) is 0 Å². The van der Waals surface area contributed by atoms with E-state index in [4.69, 9.17) is 9.47 Å². The second kappa shape index (κ2) is 10.6. The quantitative estimate of drug-likeness (QED) is 0.387. The zero-order chi connectivity index (χ0) is 25.7. The number of aliphatic carboxylic acids is 1. The van der Waals surface area contributed by atoms with Crippen LogP contribution >= 0.6 is 0 Å². The number of aromatic hydroxyl groups is 1. The Balaban J connectivity index is 1.95. The second-order valence-corrected chi connectivity index (χ2v) is 7.85. The molecule has 0 spiro atoms. The van der Waals surface area contributed by atoms with Crippen molar-refractivity contribution in [1.29, 1.82) is 0 Å². The van der Waals surface area contributed by atoms with Crippen molar-refractivity contribution in [3.63, 3.8) is 0 Å². The van der Waals surface area contributed by atoms with Crippen LogP contribution in [0.3, 0.4) is 0 Å².